The molecule has 0 radical (unpaired) electrons. The molecule has 5 N–H and O–H groups in total. The van der Waals surface area contributed by atoms with Gasteiger partial charge >= 0.3 is 0 Å². The molecule has 0 spiro atoms. The fourth-order valence-corrected chi connectivity index (χ4v) is 0.981. The van der Waals surface area contributed by atoms with Crippen molar-refractivity contribution < 1.29 is 0 Å². The summed E-state index contributed by atoms with van der Waals surface area (Å²) in [6.45, 7) is 1.77. The number of nitrogens with one attached hydrogen (secondary N) is 1. The van der Waals surface area contributed by atoms with Crippen molar-refractivity contribution in [3.8, 4) is 0 Å². The second kappa shape index (κ2) is 4.48. The van der Waals surface area contributed by atoms with Gasteiger partial charge in [-0.15, -0.1) is 0 Å². The quantitative estimate of drug-likeness (QED) is 0.484. The maximum atomic E-state index is 5.70. The third kappa shape index (κ3) is 2.63. The molecule has 0 unspecified atom stereocenters. The first kappa shape index (κ1) is 10.3. The first-order chi connectivity index (χ1) is 6.63. The van der Waals surface area contributed by atoms with Gasteiger partial charge in [0.1, 0.15) is 5.82 Å². The van der Waals surface area contributed by atoms with Crippen molar-refractivity contribution in [3.63, 3.8) is 0 Å². The molecule has 5 nitrogen and oxygen atoms in total. The van der Waals surface area contributed by atoms with Crippen LogP contribution in [0.1, 0.15) is 6.92 Å². The maximum Gasteiger partial charge on any atom is 0.125 e. The van der Waals surface area contributed by atoms with Gasteiger partial charge in [-0.1, -0.05) is 0 Å². The number of nitrogens with zero attached hydrogens (tertiary/aromatic N) is 2. The normalized spacial score (nSPS) is 11.2. The fraction of sp³-hybridized carbons (Fsp3) is 0.222. The summed E-state index contributed by atoms with van der Waals surface area (Å²) in [5.74, 6) is 6.51. The Labute approximate surface area is 83.4 Å². The molecule has 0 bridgehead atoms. The second-order valence-electron chi connectivity index (χ2n) is 2.93. The molecule has 0 atom stereocenters. The summed E-state index contributed by atoms with van der Waals surface area (Å²) in [4.78, 5) is 4.12. The van der Waals surface area contributed by atoms with Crippen LogP contribution in [-0.4, -0.2) is 12.0 Å². The lowest BCUT2D eigenvalue weighted by Crippen LogP contribution is -2.25. The van der Waals surface area contributed by atoms with Gasteiger partial charge < -0.3 is 11.1 Å². The summed E-state index contributed by atoms with van der Waals surface area (Å²) in [5.41, 5.74) is 6.92. The Morgan fingerprint density at radius 1 is 1.57 bits per heavy atom. The summed E-state index contributed by atoms with van der Waals surface area (Å²) < 4.78 is 0. The molecule has 0 aliphatic carbocycles. The Kier molecular flexibility index (Phi) is 3.30. The molecular weight excluding hydrogens is 178 g/mol. The lowest BCUT2D eigenvalue weighted by atomic mass is 10.4. The molecule has 14 heavy (non-hydrogen) atoms. The number of hydrogen-bond donors (Lipinski definition) is 3. The lowest BCUT2D eigenvalue weighted by molar-refractivity contribution is 1.04. The Hall–Kier alpha value is -1.75. The monoisotopic (exact) mass is 193 g/mol. The second-order valence-corrected chi connectivity index (χ2v) is 2.93. The van der Waals surface area contributed by atoms with E-state index in [-0.39, 0.29) is 0 Å². The highest BCUT2D eigenvalue weighted by molar-refractivity contribution is 5.50. The molecule has 1 heterocycles. The average molecular weight is 193 g/mol. The summed E-state index contributed by atoms with van der Waals surface area (Å²) in [5, 5.41) is 4.36. The molecule has 5 heteroatoms. The molecule has 1 aromatic rings. The molecule has 0 fully saturated rings. The van der Waals surface area contributed by atoms with Crippen LogP contribution in [0.2, 0.25) is 0 Å². The highest BCUT2D eigenvalue weighted by Gasteiger charge is 1.98. The zero-order valence-corrected chi connectivity index (χ0v) is 8.36. The average Bonchev–Trinajstić information content (AvgIpc) is 2.17. The van der Waals surface area contributed by atoms with Gasteiger partial charge in [-0.05, 0) is 19.1 Å². The van der Waals surface area contributed by atoms with Crippen molar-refractivity contribution in [1.82, 2.24) is 4.98 Å². The van der Waals surface area contributed by atoms with Gasteiger partial charge in [0.05, 0.1) is 11.9 Å². The molecule has 0 aliphatic heterocycles. The minimum atomic E-state index is 0.644. The van der Waals surface area contributed by atoms with Crippen molar-refractivity contribution in [2.45, 2.75) is 6.92 Å². The van der Waals surface area contributed by atoms with E-state index in [0.29, 0.717) is 5.70 Å². The SMILES string of the molecule is CNc1ccc(N(N)/C=C(/C)N)cn1. The topological polar surface area (TPSA) is 80.2 Å². The number of rotatable bonds is 3. The van der Waals surface area contributed by atoms with E-state index in [1.54, 1.807) is 19.3 Å². The number of aromatic nitrogens is 1. The van der Waals surface area contributed by atoms with E-state index in [2.05, 4.69) is 10.3 Å². The molecular formula is C9H15N5. The molecule has 0 aromatic carbocycles. The number of hydrazine groups is 1. The first-order valence-electron chi connectivity index (χ1n) is 4.25. The highest BCUT2D eigenvalue weighted by Crippen LogP contribution is 2.12. The van der Waals surface area contributed by atoms with Crippen molar-refractivity contribution in [3.05, 3.63) is 30.2 Å². The van der Waals surface area contributed by atoms with Crippen molar-refractivity contribution in [2.24, 2.45) is 11.6 Å². The highest BCUT2D eigenvalue weighted by atomic mass is 15.4. The van der Waals surface area contributed by atoms with Gasteiger partial charge in [0.2, 0.25) is 0 Å². The van der Waals surface area contributed by atoms with E-state index in [0.717, 1.165) is 11.5 Å². The van der Waals surface area contributed by atoms with Crippen LogP contribution < -0.4 is 21.9 Å². The molecule has 0 aliphatic rings. The van der Waals surface area contributed by atoms with E-state index < -0.39 is 0 Å². The Morgan fingerprint density at radius 2 is 2.29 bits per heavy atom. The van der Waals surface area contributed by atoms with Gasteiger partial charge in [0.15, 0.2) is 0 Å². The molecule has 1 rings (SSSR count). The Balaban J connectivity index is 2.81. The van der Waals surface area contributed by atoms with Gasteiger partial charge in [-0.25, -0.2) is 10.8 Å². The van der Waals surface area contributed by atoms with Crippen molar-refractivity contribution >= 4 is 11.5 Å². The van der Waals surface area contributed by atoms with Gasteiger partial charge in [-0.3, -0.25) is 5.01 Å². The summed E-state index contributed by atoms with van der Waals surface area (Å²) >= 11 is 0. The van der Waals surface area contributed by atoms with E-state index >= 15 is 0 Å². The standard InChI is InChI=1S/C9H15N5/c1-7(10)6-14(11)8-3-4-9(12-2)13-5-8/h3-6H,10-11H2,1-2H3,(H,12,13)/b7-6-. The smallest absolute Gasteiger partial charge is 0.125 e. The van der Waals surface area contributed by atoms with E-state index in [1.807, 2.05) is 19.2 Å². The largest absolute Gasteiger partial charge is 0.401 e. The van der Waals surface area contributed by atoms with Gasteiger partial charge in [0, 0.05) is 18.9 Å². The molecule has 1 aromatic heterocycles. The predicted octanol–water partition coefficient (Wildman–Crippen LogP) is 0.623. The minimum Gasteiger partial charge on any atom is -0.401 e. The molecule has 0 saturated carbocycles. The summed E-state index contributed by atoms with van der Waals surface area (Å²) in [6, 6.07) is 3.70. The van der Waals surface area contributed by atoms with Crippen LogP contribution in [0.4, 0.5) is 11.5 Å². The van der Waals surface area contributed by atoms with E-state index in [1.165, 1.54) is 5.01 Å². The van der Waals surface area contributed by atoms with E-state index in [9.17, 15) is 0 Å². The van der Waals surface area contributed by atoms with Crippen LogP contribution in [0.15, 0.2) is 30.2 Å². The third-order valence-electron chi connectivity index (χ3n) is 1.64. The van der Waals surface area contributed by atoms with Crippen molar-refractivity contribution in [2.75, 3.05) is 17.4 Å². The van der Waals surface area contributed by atoms with Gasteiger partial charge in [0.25, 0.3) is 0 Å². The van der Waals surface area contributed by atoms with Crippen LogP contribution in [-0.2, 0) is 0 Å². The molecule has 76 valence electrons. The predicted molar refractivity (Wildman–Crippen MR) is 58.4 cm³/mol. The third-order valence-corrected chi connectivity index (χ3v) is 1.64. The molecule has 0 amide bonds. The number of anilines is 2. The van der Waals surface area contributed by atoms with E-state index in [4.69, 9.17) is 11.6 Å². The van der Waals surface area contributed by atoms with Crippen LogP contribution in [0.3, 0.4) is 0 Å². The fourth-order valence-electron chi connectivity index (χ4n) is 0.981. The Morgan fingerprint density at radius 3 is 2.71 bits per heavy atom. The van der Waals surface area contributed by atoms with Crippen LogP contribution >= 0.6 is 0 Å². The Bertz CT molecular complexity index is 312. The molecule has 0 saturated heterocycles. The zero-order valence-electron chi connectivity index (χ0n) is 8.36. The van der Waals surface area contributed by atoms with Crippen molar-refractivity contribution in [1.29, 1.82) is 0 Å². The van der Waals surface area contributed by atoms with Crippen LogP contribution in [0.25, 0.3) is 0 Å². The number of hydrogen-bond acceptors (Lipinski definition) is 5. The minimum absolute atomic E-state index is 0.644. The summed E-state index contributed by atoms with van der Waals surface area (Å²) in [7, 11) is 1.81. The van der Waals surface area contributed by atoms with Crippen LogP contribution in [0.5, 0.6) is 0 Å². The number of pyridine rings is 1. The first-order valence-corrected chi connectivity index (χ1v) is 4.25. The summed E-state index contributed by atoms with van der Waals surface area (Å²) in [6.07, 6.45) is 3.31. The zero-order chi connectivity index (χ0) is 10.6. The van der Waals surface area contributed by atoms with Gasteiger partial charge in [-0.2, -0.15) is 0 Å². The number of allylic oxidation sites excluding steroid dienone is 1. The maximum absolute atomic E-state index is 5.70. The lowest BCUT2D eigenvalue weighted by Gasteiger charge is -2.13. The van der Waals surface area contributed by atoms with Crippen LogP contribution in [0, 0.1) is 0 Å². The number of nitrogens with two attached hydrogens (primary N) is 2.